The van der Waals surface area contributed by atoms with E-state index in [0.29, 0.717) is 18.4 Å². The van der Waals surface area contributed by atoms with Gasteiger partial charge in [0.25, 0.3) is 5.91 Å². The van der Waals surface area contributed by atoms with E-state index < -0.39 is 11.5 Å². The SMILES string of the molecule is O=C(NC1(C(=O)O)CCCC1)c1cccc(-n2cccc2)c1. The third-order valence-corrected chi connectivity index (χ3v) is 4.23. The van der Waals surface area contributed by atoms with E-state index in [2.05, 4.69) is 5.32 Å². The average molecular weight is 298 g/mol. The maximum Gasteiger partial charge on any atom is 0.329 e. The summed E-state index contributed by atoms with van der Waals surface area (Å²) in [5.41, 5.74) is 0.229. The Hall–Kier alpha value is -2.56. The molecule has 0 atom stereocenters. The first-order valence-corrected chi connectivity index (χ1v) is 7.40. The van der Waals surface area contributed by atoms with E-state index in [1.54, 1.807) is 18.2 Å². The number of aliphatic carboxylic acids is 1. The van der Waals surface area contributed by atoms with Gasteiger partial charge in [-0.1, -0.05) is 18.9 Å². The number of amides is 1. The zero-order valence-electron chi connectivity index (χ0n) is 12.2. The third kappa shape index (κ3) is 2.62. The molecule has 0 unspecified atom stereocenters. The molecule has 1 aliphatic rings. The monoisotopic (exact) mass is 298 g/mol. The molecule has 0 bridgehead atoms. The van der Waals surface area contributed by atoms with Crippen LogP contribution >= 0.6 is 0 Å². The highest BCUT2D eigenvalue weighted by Gasteiger charge is 2.42. The normalized spacial score (nSPS) is 16.4. The Balaban J connectivity index is 1.83. The third-order valence-electron chi connectivity index (χ3n) is 4.23. The van der Waals surface area contributed by atoms with Crippen LogP contribution < -0.4 is 5.32 Å². The lowest BCUT2D eigenvalue weighted by Crippen LogP contribution is -2.52. The molecule has 0 aliphatic heterocycles. The van der Waals surface area contributed by atoms with Crippen molar-refractivity contribution in [2.24, 2.45) is 0 Å². The molecule has 1 aromatic heterocycles. The summed E-state index contributed by atoms with van der Waals surface area (Å²) in [5.74, 6) is -1.28. The fourth-order valence-electron chi connectivity index (χ4n) is 2.97. The minimum absolute atomic E-state index is 0.335. The maximum atomic E-state index is 12.4. The first kappa shape index (κ1) is 14.4. The van der Waals surface area contributed by atoms with E-state index in [4.69, 9.17) is 0 Å². The van der Waals surface area contributed by atoms with Crippen molar-refractivity contribution in [1.29, 1.82) is 0 Å². The van der Waals surface area contributed by atoms with Crippen LogP contribution in [0.5, 0.6) is 0 Å². The number of rotatable bonds is 4. The number of benzene rings is 1. The number of hydrogen-bond donors (Lipinski definition) is 2. The van der Waals surface area contributed by atoms with Gasteiger partial charge in [0.05, 0.1) is 0 Å². The van der Waals surface area contributed by atoms with Gasteiger partial charge in [0.15, 0.2) is 0 Å². The van der Waals surface area contributed by atoms with E-state index in [-0.39, 0.29) is 5.91 Å². The largest absolute Gasteiger partial charge is 0.480 e. The van der Waals surface area contributed by atoms with Gasteiger partial charge >= 0.3 is 5.97 Å². The minimum Gasteiger partial charge on any atom is -0.480 e. The van der Waals surface area contributed by atoms with Crippen LogP contribution in [0, 0.1) is 0 Å². The quantitative estimate of drug-likeness (QED) is 0.911. The number of hydrogen-bond acceptors (Lipinski definition) is 2. The molecule has 0 spiro atoms. The van der Waals surface area contributed by atoms with Crippen molar-refractivity contribution < 1.29 is 14.7 Å². The number of carbonyl (C=O) groups excluding carboxylic acids is 1. The molecule has 1 heterocycles. The minimum atomic E-state index is -1.11. The van der Waals surface area contributed by atoms with Crippen molar-refractivity contribution in [2.75, 3.05) is 0 Å². The highest BCUT2D eigenvalue weighted by Crippen LogP contribution is 2.30. The lowest BCUT2D eigenvalue weighted by atomic mass is 9.97. The number of carbonyl (C=O) groups is 2. The lowest BCUT2D eigenvalue weighted by Gasteiger charge is -2.25. The van der Waals surface area contributed by atoms with Crippen LogP contribution in [0.1, 0.15) is 36.0 Å². The summed E-state index contributed by atoms with van der Waals surface area (Å²) >= 11 is 0. The van der Waals surface area contributed by atoms with Crippen LogP contribution in [0.25, 0.3) is 5.69 Å². The summed E-state index contributed by atoms with van der Waals surface area (Å²) in [4.78, 5) is 24.0. The average Bonchev–Trinajstić information content (AvgIpc) is 3.19. The number of carboxylic acid groups (broad SMARTS) is 1. The highest BCUT2D eigenvalue weighted by molar-refractivity contribution is 5.98. The molecule has 5 heteroatoms. The molecular formula is C17H18N2O3. The van der Waals surface area contributed by atoms with Crippen LogP contribution in [0.3, 0.4) is 0 Å². The number of aromatic nitrogens is 1. The molecule has 1 fully saturated rings. The summed E-state index contributed by atoms with van der Waals surface area (Å²) < 4.78 is 1.90. The van der Waals surface area contributed by atoms with Gasteiger partial charge in [-0.25, -0.2) is 4.79 Å². The van der Waals surface area contributed by atoms with Crippen molar-refractivity contribution in [3.8, 4) is 5.69 Å². The Morgan fingerprint density at radius 3 is 2.41 bits per heavy atom. The lowest BCUT2D eigenvalue weighted by molar-refractivity contribution is -0.144. The van der Waals surface area contributed by atoms with Gasteiger partial charge in [0.1, 0.15) is 5.54 Å². The van der Waals surface area contributed by atoms with Crippen molar-refractivity contribution in [3.63, 3.8) is 0 Å². The second-order valence-electron chi connectivity index (χ2n) is 5.69. The van der Waals surface area contributed by atoms with E-state index in [0.717, 1.165) is 18.5 Å². The standard InChI is InChI=1S/C17H18N2O3/c20-15(18-17(16(21)22)8-1-2-9-17)13-6-5-7-14(12-13)19-10-3-4-11-19/h3-7,10-12H,1-2,8-9H2,(H,18,20)(H,21,22). The Bertz CT molecular complexity index is 686. The topological polar surface area (TPSA) is 71.3 Å². The molecule has 2 N–H and O–H groups in total. The molecule has 0 saturated heterocycles. The van der Waals surface area contributed by atoms with E-state index in [1.807, 2.05) is 35.2 Å². The zero-order chi connectivity index (χ0) is 15.6. The highest BCUT2D eigenvalue weighted by atomic mass is 16.4. The molecule has 22 heavy (non-hydrogen) atoms. The molecule has 2 aromatic rings. The van der Waals surface area contributed by atoms with Crippen molar-refractivity contribution >= 4 is 11.9 Å². The zero-order valence-corrected chi connectivity index (χ0v) is 12.2. The number of carboxylic acids is 1. The summed E-state index contributed by atoms with van der Waals surface area (Å²) in [6.07, 6.45) is 6.43. The van der Waals surface area contributed by atoms with Crippen LogP contribution in [0.15, 0.2) is 48.8 Å². The molecule has 3 rings (SSSR count). The first-order chi connectivity index (χ1) is 10.6. The predicted octanol–water partition coefficient (Wildman–Crippen LogP) is 2.60. The maximum absolute atomic E-state index is 12.4. The van der Waals surface area contributed by atoms with Gasteiger partial charge in [0.2, 0.25) is 0 Å². The van der Waals surface area contributed by atoms with Gasteiger partial charge in [-0.15, -0.1) is 0 Å². The fourth-order valence-corrected chi connectivity index (χ4v) is 2.97. The van der Waals surface area contributed by atoms with Crippen LogP contribution in [0.2, 0.25) is 0 Å². The van der Waals surface area contributed by atoms with E-state index >= 15 is 0 Å². The Morgan fingerprint density at radius 1 is 1.09 bits per heavy atom. The predicted molar refractivity (Wildman–Crippen MR) is 82.1 cm³/mol. The van der Waals surface area contributed by atoms with Gasteiger partial charge in [0, 0.05) is 23.6 Å². The van der Waals surface area contributed by atoms with Crippen LogP contribution in [-0.2, 0) is 4.79 Å². The summed E-state index contributed by atoms with van der Waals surface area (Å²) in [7, 11) is 0. The summed E-state index contributed by atoms with van der Waals surface area (Å²) in [5, 5.41) is 12.2. The Morgan fingerprint density at radius 2 is 1.77 bits per heavy atom. The number of nitrogens with zero attached hydrogens (tertiary/aromatic N) is 1. The Labute approximate surface area is 128 Å². The second-order valence-corrected chi connectivity index (χ2v) is 5.69. The van der Waals surface area contributed by atoms with Gasteiger partial charge in [-0.05, 0) is 43.2 Å². The molecule has 1 aromatic carbocycles. The molecule has 114 valence electrons. The molecule has 1 saturated carbocycles. The van der Waals surface area contributed by atoms with E-state index in [1.165, 1.54) is 0 Å². The van der Waals surface area contributed by atoms with E-state index in [9.17, 15) is 14.7 Å². The smallest absolute Gasteiger partial charge is 0.329 e. The second kappa shape index (κ2) is 5.67. The molecule has 1 aliphatic carbocycles. The molecular weight excluding hydrogens is 280 g/mol. The first-order valence-electron chi connectivity index (χ1n) is 7.40. The molecule has 5 nitrogen and oxygen atoms in total. The fraction of sp³-hybridized carbons (Fsp3) is 0.294. The van der Waals surface area contributed by atoms with Crippen molar-refractivity contribution in [3.05, 3.63) is 54.4 Å². The van der Waals surface area contributed by atoms with Crippen LogP contribution in [-0.4, -0.2) is 27.1 Å². The van der Waals surface area contributed by atoms with Gasteiger partial charge in [-0.2, -0.15) is 0 Å². The summed E-state index contributed by atoms with van der Waals surface area (Å²) in [6, 6.07) is 11.0. The number of nitrogens with one attached hydrogen (secondary N) is 1. The Kier molecular flexibility index (Phi) is 3.71. The van der Waals surface area contributed by atoms with Crippen molar-refractivity contribution in [1.82, 2.24) is 9.88 Å². The molecule has 0 radical (unpaired) electrons. The molecule has 1 amide bonds. The van der Waals surface area contributed by atoms with Crippen LogP contribution in [0.4, 0.5) is 0 Å². The van der Waals surface area contributed by atoms with Gasteiger partial charge < -0.3 is 15.0 Å². The van der Waals surface area contributed by atoms with Gasteiger partial charge in [-0.3, -0.25) is 4.79 Å². The van der Waals surface area contributed by atoms with Crippen molar-refractivity contribution in [2.45, 2.75) is 31.2 Å². The summed E-state index contributed by atoms with van der Waals surface area (Å²) in [6.45, 7) is 0.